The van der Waals surface area contributed by atoms with Crippen molar-refractivity contribution in [2.24, 2.45) is 0 Å². The third kappa shape index (κ3) is 4.11. The highest BCUT2D eigenvalue weighted by atomic mass is 19.2. The van der Waals surface area contributed by atoms with Crippen molar-refractivity contribution < 1.29 is 18.3 Å². The molecule has 0 atom stereocenters. The summed E-state index contributed by atoms with van der Waals surface area (Å²) in [5.41, 5.74) is 1.16. The minimum absolute atomic E-state index is 0.113. The first-order valence-corrected chi connectivity index (χ1v) is 6.79. The summed E-state index contributed by atoms with van der Waals surface area (Å²) in [6.07, 6.45) is 0. The van der Waals surface area contributed by atoms with Gasteiger partial charge < -0.3 is 4.74 Å². The number of Topliss-reactive ketones (excluding diaryl/α,β-unsaturated/α-hetero) is 1. The summed E-state index contributed by atoms with van der Waals surface area (Å²) in [5, 5.41) is 0. The first-order chi connectivity index (χ1) is 10.5. The lowest BCUT2D eigenvalue weighted by atomic mass is 10.1. The summed E-state index contributed by atoms with van der Waals surface area (Å²) in [4.78, 5) is 13.9. The fourth-order valence-electron chi connectivity index (χ4n) is 2.14. The van der Waals surface area contributed by atoms with Crippen molar-refractivity contribution in [2.45, 2.75) is 6.54 Å². The molecular weight excluding hydrogens is 288 g/mol. The molecule has 0 heterocycles. The van der Waals surface area contributed by atoms with Crippen molar-refractivity contribution >= 4 is 5.78 Å². The van der Waals surface area contributed by atoms with E-state index in [4.69, 9.17) is 4.74 Å². The molecule has 0 aliphatic rings. The molecule has 116 valence electrons. The van der Waals surface area contributed by atoms with Crippen LogP contribution in [0.2, 0.25) is 0 Å². The van der Waals surface area contributed by atoms with Crippen molar-refractivity contribution in [3.8, 4) is 5.75 Å². The Labute approximate surface area is 128 Å². The highest BCUT2D eigenvalue weighted by Crippen LogP contribution is 2.14. The normalized spacial score (nSPS) is 10.8. The number of hydrogen-bond acceptors (Lipinski definition) is 3. The fourth-order valence-corrected chi connectivity index (χ4v) is 2.14. The summed E-state index contributed by atoms with van der Waals surface area (Å²) in [5.74, 6) is -1.48. The van der Waals surface area contributed by atoms with Crippen LogP contribution < -0.4 is 4.74 Å². The standard InChI is InChI=1S/C17H17F2NO2/c1-20(10-12-4-3-5-14(8-12)22-2)11-17(21)13-6-7-15(18)16(19)9-13/h3-9H,10-11H2,1-2H3. The maximum atomic E-state index is 13.2. The lowest BCUT2D eigenvalue weighted by Crippen LogP contribution is -2.25. The smallest absolute Gasteiger partial charge is 0.176 e. The highest BCUT2D eigenvalue weighted by Gasteiger charge is 2.12. The van der Waals surface area contributed by atoms with Gasteiger partial charge in [0.1, 0.15) is 5.75 Å². The van der Waals surface area contributed by atoms with E-state index in [-0.39, 0.29) is 17.9 Å². The van der Waals surface area contributed by atoms with Gasteiger partial charge in [-0.25, -0.2) is 8.78 Å². The number of carbonyl (C=O) groups is 1. The molecule has 0 aliphatic heterocycles. The van der Waals surface area contributed by atoms with Crippen LogP contribution in [0.1, 0.15) is 15.9 Å². The average molecular weight is 305 g/mol. The van der Waals surface area contributed by atoms with Gasteiger partial charge in [-0.3, -0.25) is 9.69 Å². The number of nitrogens with zero attached hydrogens (tertiary/aromatic N) is 1. The molecule has 5 heteroatoms. The molecule has 2 aromatic carbocycles. The molecule has 0 bridgehead atoms. The van der Waals surface area contributed by atoms with Gasteiger partial charge in [0.05, 0.1) is 13.7 Å². The van der Waals surface area contributed by atoms with E-state index in [1.807, 2.05) is 24.3 Å². The second-order valence-corrected chi connectivity index (χ2v) is 5.08. The Morgan fingerprint density at radius 1 is 1.14 bits per heavy atom. The first kappa shape index (κ1) is 16.1. The summed E-state index contributed by atoms with van der Waals surface area (Å²) < 4.78 is 31.2. The van der Waals surface area contributed by atoms with E-state index in [9.17, 15) is 13.6 Å². The Bertz CT molecular complexity index is 673. The molecule has 0 radical (unpaired) electrons. The molecule has 0 saturated heterocycles. The Morgan fingerprint density at radius 2 is 1.91 bits per heavy atom. The van der Waals surface area contributed by atoms with Crippen LogP contribution in [-0.2, 0) is 6.54 Å². The van der Waals surface area contributed by atoms with Crippen LogP contribution in [0.3, 0.4) is 0 Å². The van der Waals surface area contributed by atoms with Gasteiger partial charge in [-0.15, -0.1) is 0 Å². The van der Waals surface area contributed by atoms with Gasteiger partial charge in [0.2, 0.25) is 0 Å². The zero-order valence-corrected chi connectivity index (χ0v) is 12.5. The van der Waals surface area contributed by atoms with E-state index in [2.05, 4.69) is 0 Å². The second-order valence-electron chi connectivity index (χ2n) is 5.08. The van der Waals surface area contributed by atoms with Crippen LogP contribution in [0, 0.1) is 11.6 Å². The molecule has 0 aromatic heterocycles. The zero-order chi connectivity index (χ0) is 16.1. The topological polar surface area (TPSA) is 29.5 Å². The molecule has 0 N–H and O–H groups in total. The quantitative estimate of drug-likeness (QED) is 0.767. The van der Waals surface area contributed by atoms with Gasteiger partial charge in [-0.05, 0) is 42.9 Å². The highest BCUT2D eigenvalue weighted by molar-refractivity contribution is 5.97. The largest absolute Gasteiger partial charge is 0.497 e. The molecular formula is C17H17F2NO2. The van der Waals surface area contributed by atoms with E-state index >= 15 is 0 Å². The summed E-state index contributed by atoms with van der Waals surface area (Å²) in [6.45, 7) is 0.662. The van der Waals surface area contributed by atoms with Crippen molar-refractivity contribution in [1.82, 2.24) is 4.90 Å². The van der Waals surface area contributed by atoms with Crippen molar-refractivity contribution in [2.75, 3.05) is 20.7 Å². The molecule has 3 nitrogen and oxygen atoms in total. The van der Waals surface area contributed by atoms with Gasteiger partial charge >= 0.3 is 0 Å². The molecule has 0 unspecified atom stereocenters. The monoisotopic (exact) mass is 305 g/mol. The SMILES string of the molecule is COc1cccc(CN(C)CC(=O)c2ccc(F)c(F)c2)c1. The molecule has 2 rings (SSSR count). The number of benzene rings is 2. The van der Waals surface area contributed by atoms with Crippen molar-refractivity contribution in [1.29, 1.82) is 0 Å². The third-order valence-corrected chi connectivity index (χ3v) is 3.24. The van der Waals surface area contributed by atoms with E-state index in [1.54, 1.807) is 19.1 Å². The Balaban J connectivity index is 2.00. The van der Waals surface area contributed by atoms with E-state index in [1.165, 1.54) is 6.07 Å². The Hall–Kier alpha value is -2.27. The van der Waals surface area contributed by atoms with Crippen LogP contribution in [0.15, 0.2) is 42.5 Å². The van der Waals surface area contributed by atoms with Crippen LogP contribution in [-0.4, -0.2) is 31.4 Å². The lowest BCUT2D eigenvalue weighted by molar-refractivity contribution is 0.0942. The van der Waals surface area contributed by atoms with E-state index in [0.717, 1.165) is 23.4 Å². The zero-order valence-electron chi connectivity index (χ0n) is 12.5. The van der Waals surface area contributed by atoms with E-state index in [0.29, 0.717) is 6.54 Å². The molecule has 0 aliphatic carbocycles. The maximum Gasteiger partial charge on any atom is 0.176 e. The number of carbonyl (C=O) groups excluding carboxylic acids is 1. The summed E-state index contributed by atoms with van der Waals surface area (Å²) >= 11 is 0. The predicted octanol–water partition coefficient (Wildman–Crippen LogP) is 3.29. The van der Waals surface area contributed by atoms with Crippen LogP contribution in [0.5, 0.6) is 5.75 Å². The molecule has 0 spiro atoms. The van der Waals surface area contributed by atoms with Gasteiger partial charge in [0.25, 0.3) is 0 Å². The fraction of sp³-hybridized carbons (Fsp3) is 0.235. The minimum atomic E-state index is -1.01. The lowest BCUT2D eigenvalue weighted by Gasteiger charge is -2.16. The van der Waals surface area contributed by atoms with Crippen molar-refractivity contribution in [3.05, 3.63) is 65.2 Å². The maximum absolute atomic E-state index is 13.2. The van der Waals surface area contributed by atoms with Crippen LogP contribution >= 0.6 is 0 Å². The van der Waals surface area contributed by atoms with Gasteiger partial charge in [0, 0.05) is 12.1 Å². The molecule has 0 amide bonds. The summed E-state index contributed by atoms with van der Waals surface area (Å²) in [6, 6.07) is 10.7. The summed E-state index contributed by atoms with van der Waals surface area (Å²) in [7, 11) is 3.38. The Morgan fingerprint density at radius 3 is 2.59 bits per heavy atom. The third-order valence-electron chi connectivity index (χ3n) is 3.24. The molecule has 0 fully saturated rings. The number of ketones is 1. The number of ether oxygens (including phenoxy) is 1. The Kier molecular flexibility index (Phi) is 5.22. The minimum Gasteiger partial charge on any atom is -0.497 e. The average Bonchev–Trinajstić information content (AvgIpc) is 2.50. The van der Waals surface area contributed by atoms with E-state index < -0.39 is 11.6 Å². The van der Waals surface area contributed by atoms with Gasteiger partial charge in [-0.2, -0.15) is 0 Å². The number of rotatable bonds is 6. The number of methoxy groups -OCH3 is 1. The van der Waals surface area contributed by atoms with Crippen LogP contribution in [0.4, 0.5) is 8.78 Å². The molecule has 0 saturated carbocycles. The van der Waals surface area contributed by atoms with Crippen LogP contribution in [0.25, 0.3) is 0 Å². The van der Waals surface area contributed by atoms with Gasteiger partial charge in [0.15, 0.2) is 17.4 Å². The number of halogens is 2. The number of hydrogen-bond donors (Lipinski definition) is 0. The second kappa shape index (κ2) is 7.13. The molecule has 22 heavy (non-hydrogen) atoms. The predicted molar refractivity (Wildman–Crippen MR) is 80.0 cm³/mol. The van der Waals surface area contributed by atoms with Crippen molar-refractivity contribution in [3.63, 3.8) is 0 Å². The number of likely N-dealkylation sites (N-methyl/N-ethyl adjacent to an activating group) is 1. The molecule has 2 aromatic rings. The first-order valence-electron chi connectivity index (χ1n) is 6.79. The van der Waals surface area contributed by atoms with Gasteiger partial charge in [-0.1, -0.05) is 12.1 Å².